The van der Waals surface area contributed by atoms with Crippen LogP contribution in [-0.4, -0.2) is 22.9 Å². The van der Waals surface area contributed by atoms with Gasteiger partial charge in [0.2, 0.25) is 5.91 Å². The zero-order chi connectivity index (χ0) is 16.1. The monoisotopic (exact) mass is 301 g/mol. The lowest BCUT2D eigenvalue weighted by atomic mass is 10.1. The molecule has 1 unspecified atom stereocenters. The first kappa shape index (κ1) is 15.8. The molecule has 0 aliphatic heterocycles. The van der Waals surface area contributed by atoms with E-state index in [9.17, 15) is 9.59 Å². The number of hydrogen-bond acceptors (Lipinski definition) is 5. The van der Waals surface area contributed by atoms with Crippen LogP contribution < -0.4 is 10.6 Å². The molecular formula is C16H19N3O3. The van der Waals surface area contributed by atoms with Crippen LogP contribution in [-0.2, 0) is 4.79 Å². The summed E-state index contributed by atoms with van der Waals surface area (Å²) in [7, 11) is 0. The van der Waals surface area contributed by atoms with Gasteiger partial charge in [-0.15, -0.1) is 0 Å². The fraction of sp³-hybridized carbons (Fsp3) is 0.312. The molecule has 0 aliphatic rings. The van der Waals surface area contributed by atoms with Gasteiger partial charge in [-0.05, 0) is 44.5 Å². The van der Waals surface area contributed by atoms with Crippen molar-refractivity contribution in [2.24, 2.45) is 0 Å². The molecule has 1 atom stereocenters. The Bertz CT molecular complexity index is 662. The van der Waals surface area contributed by atoms with Crippen LogP contribution in [0, 0.1) is 6.92 Å². The number of amides is 1. The fourth-order valence-electron chi connectivity index (χ4n) is 1.99. The van der Waals surface area contributed by atoms with Gasteiger partial charge in [-0.3, -0.25) is 9.59 Å². The van der Waals surface area contributed by atoms with E-state index in [-0.39, 0.29) is 11.7 Å². The topological polar surface area (TPSA) is 84.2 Å². The van der Waals surface area contributed by atoms with Crippen LogP contribution in [0.3, 0.4) is 0 Å². The number of Topliss-reactive ketones (excluding diaryl/α,β-unsaturated/α-hetero) is 1. The Morgan fingerprint density at radius 3 is 2.45 bits per heavy atom. The Hall–Kier alpha value is -2.63. The number of benzene rings is 1. The molecule has 6 heteroatoms. The van der Waals surface area contributed by atoms with Gasteiger partial charge in [0.15, 0.2) is 11.6 Å². The number of carbonyl (C=O) groups excluding carboxylic acids is 2. The molecule has 6 nitrogen and oxygen atoms in total. The van der Waals surface area contributed by atoms with Crippen LogP contribution in [0.4, 0.5) is 11.5 Å². The summed E-state index contributed by atoms with van der Waals surface area (Å²) in [4.78, 5) is 23.5. The lowest BCUT2D eigenvalue weighted by molar-refractivity contribution is -0.117. The van der Waals surface area contributed by atoms with E-state index in [0.29, 0.717) is 23.6 Å². The number of nitrogens with zero attached hydrogens (tertiary/aromatic N) is 1. The van der Waals surface area contributed by atoms with E-state index in [0.717, 1.165) is 5.69 Å². The van der Waals surface area contributed by atoms with Crippen molar-refractivity contribution < 1.29 is 14.1 Å². The van der Waals surface area contributed by atoms with Crippen molar-refractivity contribution >= 4 is 23.2 Å². The molecule has 2 N–H and O–H groups in total. The third kappa shape index (κ3) is 3.94. The van der Waals surface area contributed by atoms with Crippen LogP contribution in [0.1, 0.15) is 36.4 Å². The molecule has 1 aromatic carbocycles. The van der Waals surface area contributed by atoms with Crippen molar-refractivity contribution in [3.05, 3.63) is 41.7 Å². The number of aryl methyl sites for hydroxylation is 1. The summed E-state index contributed by atoms with van der Waals surface area (Å²) in [5.41, 5.74) is 1.42. The second-order valence-electron chi connectivity index (χ2n) is 5.05. The molecule has 2 aromatic rings. The van der Waals surface area contributed by atoms with Gasteiger partial charge < -0.3 is 15.2 Å². The first-order valence-corrected chi connectivity index (χ1v) is 7.11. The lowest BCUT2D eigenvalue weighted by Gasteiger charge is -2.17. The first-order chi connectivity index (χ1) is 10.5. The van der Waals surface area contributed by atoms with Crippen molar-refractivity contribution in [1.29, 1.82) is 0 Å². The summed E-state index contributed by atoms with van der Waals surface area (Å²) in [6, 6.07) is 8.29. The highest BCUT2D eigenvalue weighted by Crippen LogP contribution is 2.14. The van der Waals surface area contributed by atoms with Crippen LogP contribution >= 0.6 is 0 Å². The molecule has 1 aromatic heterocycles. The van der Waals surface area contributed by atoms with E-state index in [1.165, 1.54) is 6.92 Å². The summed E-state index contributed by atoms with van der Waals surface area (Å²) in [6.45, 7) is 5.19. The summed E-state index contributed by atoms with van der Waals surface area (Å²) < 4.78 is 4.92. The molecule has 1 amide bonds. The van der Waals surface area contributed by atoms with Gasteiger partial charge in [0.25, 0.3) is 0 Å². The molecule has 2 rings (SSSR count). The van der Waals surface area contributed by atoms with Crippen LogP contribution in [0.25, 0.3) is 0 Å². The SMILES string of the molecule is CCC(Nc1ccc(C(C)=O)cc1)C(=O)Nc1cc(C)on1. The summed E-state index contributed by atoms with van der Waals surface area (Å²) >= 11 is 0. The van der Waals surface area contributed by atoms with Gasteiger partial charge in [-0.25, -0.2) is 0 Å². The van der Waals surface area contributed by atoms with E-state index in [1.807, 2.05) is 6.92 Å². The Labute approximate surface area is 128 Å². The predicted octanol–water partition coefficient (Wildman–Crippen LogP) is 3.01. The van der Waals surface area contributed by atoms with Crippen LogP contribution in [0.2, 0.25) is 0 Å². The maximum Gasteiger partial charge on any atom is 0.248 e. The molecule has 0 aliphatic carbocycles. The van der Waals surface area contributed by atoms with Crippen molar-refractivity contribution in [1.82, 2.24) is 5.16 Å². The Morgan fingerprint density at radius 1 is 1.27 bits per heavy atom. The maximum absolute atomic E-state index is 12.2. The largest absolute Gasteiger partial charge is 0.374 e. The van der Waals surface area contributed by atoms with Crippen molar-refractivity contribution in [2.75, 3.05) is 10.6 Å². The minimum Gasteiger partial charge on any atom is -0.374 e. The number of rotatable bonds is 6. The number of hydrogen-bond donors (Lipinski definition) is 2. The molecule has 1 heterocycles. The average Bonchev–Trinajstić information content (AvgIpc) is 2.90. The molecule has 0 spiro atoms. The number of anilines is 2. The minimum absolute atomic E-state index is 0.0118. The van der Waals surface area contributed by atoms with Gasteiger partial charge in [-0.2, -0.15) is 0 Å². The molecule has 116 valence electrons. The van der Waals surface area contributed by atoms with Gasteiger partial charge in [0, 0.05) is 17.3 Å². The van der Waals surface area contributed by atoms with E-state index in [4.69, 9.17) is 4.52 Å². The quantitative estimate of drug-likeness (QED) is 0.801. The zero-order valence-corrected chi connectivity index (χ0v) is 12.8. The Morgan fingerprint density at radius 2 is 1.95 bits per heavy atom. The Kier molecular flexibility index (Phi) is 4.93. The zero-order valence-electron chi connectivity index (χ0n) is 12.8. The van der Waals surface area contributed by atoms with Crippen molar-refractivity contribution in [2.45, 2.75) is 33.2 Å². The molecule has 0 saturated heterocycles. The fourth-order valence-corrected chi connectivity index (χ4v) is 1.99. The smallest absolute Gasteiger partial charge is 0.248 e. The highest BCUT2D eigenvalue weighted by atomic mass is 16.5. The van der Waals surface area contributed by atoms with Crippen molar-refractivity contribution in [3.8, 4) is 0 Å². The van der Waals surface area contributed by atoms with E-state index in [1.54, 1.807) is 37.3 Å². The molecule has 0 fully saturated rings. The van der Waals surface area contributed by atoms with E-state index >= 15 is 0 Å². The first-order valence-electron chi connectivity index (χ1n) is 7.11. The van der Waals surface area contributed by atoms with Crippen LogP contribution in [0.5, 0.6) is 0 Å². The summed E-state index contributed by atoms with van der Waals surface area (Å²) in [5, 5.41) is 9.58. The van der Waals surface area contributed by atoms with E-state index < -0.39 is 6.04 Å². The molecule has 0 saturated carbocycles. The van der Waals surface area contributed by atoms with Crippen molar-refractivity contribution in [3.63, 3.8) is 0 Å². The summed E-state index contributed by atoms with van der Waals surface area (Å²) in [6.07, 6.45) is 0.608. The number of nitrogens with one attached hydrogen (secondary N) is 2. The minimum atomic E-state index is -0.403. The lowest BCUT2D eigenvalue weighted by Crippen LogP contribution is -2.34. The van der Waals surface area contributed by atoms with Gasteiger partial charge in [0.1, 0.15) is 11.8 Å². The highest BCUT2D eigenvalue weighted by Gasteiger charge is 2.17. The normalized spacial score (nSPS) is 11.8. The maximum atomic E-state index is 12.2. The second-order valence-corrected chi connectivity index (χ2v) is 5.05. The van der Waals surface area contributed by atoms with Crippen LogP contribution in [0.15, 0.2) is 34.9 Å². The molecular weight excluding hydrogens is 282 g/mol. The molecule has 22 heavy (non-hydrogen) atoms. The molecule has 0 bridgehead atoms. The standard InChI is InChI=1S/C16H19N3O3/c1-4-14(16(21)18-15-9-10(2)22-19-15)17-13-7-5-12(6-8-13)11(3)20/h5-9,14,17H,4H2,1-3H3,(H,18,19,21). The number of carbonyl (C=O) groups is 2. The van der Waals surface area contributed by atoms with E-state index in [2.05, 4.69) is 15.8 Å². The van der Waals surface area contributed by atoms with Gasteiger partial charge in [-0.1, -0.05) is 12.1 Å². The third-order valence-corrected chi connectivity index (χ3v) is 3.24. The second kappa shape index (κ2) is 6.89. The number of ketones is 1. The van der Waals surface area contributed by atoms with Gasteiger partial charge in [0.05, 0.1) is 0 Å². The number of aromatic nitrogens is 1. The molecule has 0 radical (unpaired) electrons. The average molecular weight is 301 g/mol. The summed E-state index contributed by atoms with van der Waals surface area (Å²) in [5.74, 6) is 0.856. The Balaban J connectivity index is 2.01. The third-order valence-electron chi connectivity index (χ3n) is 3.24. The predicted molar refractivity (Wildman–Crippen MR) is 84.0 cm³/mol. The highest BCUT2D eigenvalue weighted by molar-refractivity contribution is 5.96. The van der Waals surface area contributed by atoms with Gasteiger partial charge >= 0.3 is 0 Å².